The van der Waals surface area contributed by atoms with Gasteiger partial charge in [0.25, 0.3) is 5.91 Å². The maximum Gasteiger partial charge on any atom is 0.255 e. The first-order valence-corrected chi connectivity index (χ1v) is 12.8. The van der Waals surface area contributed by atoms with Gasteiger partial charge in [-0.15, -0.1) is 24.0 Å². The van der Waals surface area contributed by atoms with E-state index in [-0.39, 0.29) is 48.5 Å². The quantitative estimate of drug-likeness (QED) is 0.174. The number of unbranched alkanes of at least 4 members (excludes halogenated alkanes) is 1. The van der Waals surface area contributed by atoms with Crippen molar-refractivity contribution in [2.75, 3.05) is 39.3 Å². The maximum absolute atomic E-state index is 12.9. The Bertz CT molecular complexity index is 780. The first kappa shape index (κ1) is 34.4. The topological polar surface area (TPSA) is 123 Å². The van der Waals surface area contributed by atoms with Crippen molar-refractivity contribution in [3.05, 3.63) is 29.8 Å². The summed E-state index contributed by atoms with van der Waals surface area (Å²) in [6.07, 6.45) is 1.31. The fourth-order valence-electron chi connectivity index (χ4n) is 3.38. The third kappa shape index (κ3) is 12.1. The highest BCUT2D eigenvalue weighted by atomic mass is 35.5. The van der Waals surface area contributed by atoms with Gasteiger partial charge >= 0.3 is 0 Å². The van der Waals surface area contributed by atoms with Gasteiger partial charge in [0.05, 0.1) is 23.7 Å². The number of carbonyl (C=O) groups is 2. The van der Waals surface area contributed by atoms with Crippen molar-refractivity contribution in [1.29, 1.82) is 0 Å². The Hall–Kier alpha value is -1.58. The average Bonchev–Trinajstić information content (AvgIpc) is 2.84. The number of ether oxygens (including phenoxy) is 2. The molecular weight excluding hydrogens is 505 g/mol. The molecule has 3 unspecified atom stereocenters. The van der Waals surface area contributed by atoms with Crippen molar-refractivity contribution >= 4 is 35.8 Å². The minimum atomic E-state index is -0.908. The second-order valence-electron chi connectivity index (χ2n) is 9.95. The first-order chi connectivity index (χ1) is 16.5. The van der Waals surface area contributed by atoms with Crippen LogP contribution in [0.3, 0.4) is 0 Å². The molecule has 2 amide bonds. The molecule has 1 rings (SSSR count). The molecule has 0 aliphatic heterocycles. The molecule has 10 heteroatoms. The van der Waals surface area contributed by atoms with E-state index in [0.29, 0.717) is 37.5 Å². The molecule has 0 spiro atoms. The number of halogens is 2. The lowest BCUT2D eigenvalue weighted by molar-refractivity contribution is -0.128. The second kappa shape index (κ2) is 17.8. The molecule has 1 aromatic rings. The molecule has 1 aromatic carbocycles. The predicted octanol–water partition coefficient (Wildman–Crippen LogP) is 3.38. The Labute approximate surface area is 227 Å². The number of rotatable bonds is 17. The third-order valence-electron chi connectivity index (χ3n) is 6.09. The maximum atomic E-state index is 12.9. The van der Waals surface area contributed by atoms with Crippen LogP contribution in [0.2, 0.25) is 0 Å². The molecule has 0 bridgehead atoms. The lowest BCUT2D eigenvalue weighted by Gasteiger charge is -2.28. The largest absolute Gasteiger partial charge is 0.493 e. The molecular formula is C26H45Cl2N3O5. The molecule has 0 aliphatic carbocycles. The van der Waals surface area contributed by atoms with Gasteiger partial charge in [-0.3, -0.25) is 9.59 Å². The monoisotopic (exact) mass is 549 g/mol. The minimum Gasteiger partial charge on any atom is -0.493 e. The number of para-hydroxylation sites is 1. The number of hydrogen-bond acceptors (Lipinski definition) is 6. The molecule has 0 radical (unpaired) electrons. The highest BCUT2D eigenvalue weighted by molar-refractivity contribution is 6.19. The smallest absolute Gasteiger partial charge is 0.255 e. The molecule has 208 valence electrons. The summed E-state index contributed by atoms with van der Waals surface area (Å²) in [6, 6.07) is 6.62. The SMILES string of the molecule is COCCCCOc1ccccc1C(=O)NCC(CC(N)C(O)CNC(=O)C(C)(C)CCl)C(C)C.Cl. The lowest BCUT2D eigenvalue weighted by atomic mass is 9.87. The van der Waals surface area contributed by atoms with E-state index in [0.717, 1.165) is 12.8 Å². The summed E-state index contributed by atoms with van der Waals surface area (Å²) < 4.78 is 10.9. The predicted molar refractivity (Wildman–Crippen MR) is 147 cm³/mol. The van der Waals surface area contributed by atoms with E-state index in [1.807, 2.05) is 6.07 Å². The van der Waals surface area contributed by atoms with Gasteiger partial charge < -0.3 is 30.9 Å². The van der Waals surface area contributed by atoms with Crippen LogP contribution in [-0.2, 0) is 9.53 Å². The number of carbonyl (C=O) groups excluding carboxylic acids is 2. The molecule has 0 aliphatic rings. The normalized spacial score (nSPS) is 13.9. The molecule has 8 nitrogen and oxygen atoms in total. The Morgan fingerprint density at radius 2 is 1.75 bits per heavy atom. The zero-order chi connectivity index (χ0) is 26.4. The number of nitrogens with two attached hydrogens (primary N) is 1. The van der Waals surface area contributed by atoms with Gasteiger partial charge in [-0.05, 0) is 57.1 Å². The van der Waals surface area contributed by atoms with E-state index in [4.69, 9.17) is 26.8 Å². The molecule has 3 atom stereocenters. The molecule has 0 heterocycles. The van der Waals surface area contributed by atoms with Crippen molar-refractivity contribution in [2.45, 2.75) is 59.1 Å². The molecule has 0 fully saturated rings. The summed E-state index contributed by atoms with van der Waals surface area (Å²) in [7, 11) is 1.67. The van der Waals surface area contributed by atoms with E-state index >= 15 is 0 Å². The van der Waals surface area contributed by atoms with Gasteiger partial charge in [0.2, 0.25) is 5.91 Å². The van der Waals surface area contributed by atoms with Gasteiger partial charge in [-0.25, -0.2) is 0 Å². The van der Waals surface area contributed by atoms with Crippen LogP contribution in [0.25, 0.3) is 0 Å². The van der Waals surface area contributed by atoms with Crippen LogP contribution in [0.4, 0.5) is 0 Å². The molecule has 36 heavy (non-hydrogen) atoms. The van der Waals surface area contributed by atoms with Crippen molar-refractivity contribution in [2.24, 2.45) is 23.0 Å². The van der Waals surface area contributed by atoms with Gasteiger partial charge in [-0.1, -0.05) is 26.0 Å². The van der Waals surface area contributed by atoms with Crippen LogP contribution < -0.4 is 21.1 Å². The average molecular weight is 551 g/mol. The standard InChI is InChI=1S/C26H44ClN3O5.ClH/c1-18(2)19(14-21(28)22(31)16-30-25(33)26(3,4)17-27)15-29-24(32)20-10-6-7-11-23(20)35-13-9-8-12-34-5;/h6-7,10-11,18-19,21-22,31H,8-9,12-17,28H2,1-5H3,(H,29,32)(H,30,33);1H. The van der Waals surface area contributed by atoms with Gasteiger partial charge in [0.15, 0.2) is 0 Å². The highest BCUT2D eigenvalue weighted by Crippen LogP contribution is 2.21. The van der Waals surface area contributed by atoms with Crippen molar-refractivity contribution < 1.29 is 24.2 Å². The van der Waals surface area contributed by atoms with Crippen LogP contribution >= 0.6 is 24.0 Å². The van der Waals surface area contributed by atoms with Crippen molar-refractivity contribution in [3.63, 3.8) is 0 Å². The Balaban J connectivity index is 0.0000122. The van der Waals surface area contributed by atoms with Crippen molar-refractivity contribution in [1.82, 2.24) is 10.6 Å². The minimum absolute atomic E-state index is 0. The highest BCUT2D eigenvalue weighted by Gasteiger charge is 2.28. The third-order valence-corrected chi connectivity index (χ3v) is 6.76. The van der Waals surface area contributed by atoms with E-state index in [2.05, 4.69) is 24.5 Å². The summed E-state index contributed by atoms with van der Waals surface area (Å²) in [5.74, 6) is 0.550. The number of nitrogens with one attached hydrogen (secondary N) is 2. The molecule has 0 saturated heterocycles. The van der Waals surface area contributed by atoms with Crippen LogP contribution in [0.1, 0.15) is 57.3 Å². The van der Waals surface area contributed by atoms with Crippen molar-refractivity contribution in [3.8, 4) is 5.75 Å². The fraction of sp³-hybridized carbons (Fsp3) is 0.692. The molecule has 0 aromatic heterocycles. The van der Waals surface area contributed by atoms with E-state index in [1.165, 1.54) is 0 Å². The van der Waals surface area contributed by atoms with E-state index in [1.54, 1.807) is 39.2 Å². The summed E-state index contributed by atoms with van der Waals surface area (Å²) in [6.45, 7) is 9.23. The number of methoxy groups -OCH3 is 1. The molecule has 5 N–H and O–H groups in total. The Kier molecular flexibility index (Phi) is 17.0. The summed E-state index contributed by atoms with van der Waals surface area (Å²) in [4.78, 5) is 25.1. The Morgan fingerprint density at radius 3 is 2.36 bits per heavy atom. The summed E-state index contributed by atoms with van der Waals surface area (Å²) >= 11 is 5.83. The second-order valence-corrected chi connectivity index (χ2v) is 10.2. The number of aliphatic hydroxyl groups excluding tert-OH is 1. The van der Waals surface area contributed by atoms with E-state index in [9.17, 15) is 14.7 Å². The van der Waals surface area contributed by atoms with Gasteiger partial charge in [0.1, 0.15) is 5.75 Å². The zero-order valence-corrected chi connectivity index (χ0v) is 23.8. The number of hydrogen-bond donors (Lipinski definition) is 4. The number of alkyl halides is 1. The number of aliphatic hydroxyl groups is 1. The summed E-state index contributed by atoms with van der Waals surface area (Å²) in [5, 5.41) is 16.2. The first-order valence-electron chi connectivity index (χ1n) is 12.3. The number of benzene rings is 1. The van der Waals surface area contributed by atoms with Crippen LogP contribution in [0, 0.1) is 17.3 Å². The van der Waals surface area contributed by atoms with Gasteiger partial charge in [-0.2, -0.15) is 0 Å². The lowest BCUT2D eigenvalue weighted by Crippen LogP contribution is -2.48. The Morgan fingerprint density at radius 1 is 1.11 bits per heavy atom. The van der Waals surface area contributed by atoms with E-state index < -0.39 is 17.6 Å². The van der Waals surface area contributed by atoms with Crippen LogP contribution in [0.15, 0.2) is 24.3 Å². The van der Waals surface area contributed by atoms with Crippen LogP contribution in [0.5, 0.6) is 5.75 Å². The zero-order valence-electron chi connectivity index (χ0n) is 22.2. The molecule has 0 saturated carbocycles. The van der Waals surface area contributed by atoms with Gasteiger partial charge in [0, 0.05) is 38.7 Å². The van der Waals surface area contributed by atoms with Crippen LogP contribution in [-0.4, -0.2) is 68.4 Å². The number of amides is 2. The summed E-state index contributed by atoms with van der Waals surface area (Å²) in [5.41, 5.74) is 6.01. The fourth-order valence-corrected chi connectivity index (χ4v) is 3.50.